The van der Waals surface area contributed by atoms with E-state index in [0.717, 1.165) is 22.9 Å². The summed E-state index contributed by atoms with van der Waals surface area (Å²) in [7, 11) is 0. The van der Waals surface area contributed by atoms with Crippen molar-refractivity contribution in [2.75, 3.05) is 0 Å². The molecule has 24 heavy (non-hydrogen) atoms. The number of imide groups is 1. The Bertz CT molecular complexity index is 664. The molecule has 1 aliphatic heterocycles. The first-order valence-corrected chi connectivity index (χ1v) is 8.27. The van der Waals surface area contributed by atoms with Crippen molar-refractivity contribution in [1.82, 2.24) is 0 Å². The van der Waals surface area contributed by atoms with Crippen molar-refractivity contribution in [3.63, 3.8) is 0 Å². The van der Waals surface area contributed by atoms with Crippen molar-refractivity contribution in [3.8, 4) is 0 Å². The summed E-state index contributed by atoms with van der Waals surface area (Å²) in [6.07, 6.45) is 0. The molecular formula is C18H17N2O2ReS-. The van der Waals surface area contributed by atoms with Crippen molar-refractivity contribution in [2.24, 2.45) is 4.99 Å². The molecule has 1 atom stereocenters. The molecule has 4 nitrogen and oxygen atoms in total. The Morgan fingerprint density at radius 1 is 0.917 bits per heavy atom. The SMILES string of the molecule is CC.O=C1[N-]C(=O)C(N=C(c2ccccc2)c2ccccc2)S1.[Re]. The fourth-order valence-corrected chi connectivity index (χ4v) is 2.67. The Hall–Kier alpha value is -1.74. The Morgan fingerprint density at radius 3 is 1.75 bits per heavy atom. The summed E-state index contributed by atoms with van der Waals surface area (Å²) in [4.78, 5) is 27.4. The maximum atomic E-state index is 11.7. The summed E-state index contributed by atoms with van der Waals surface area (Å²) in [6.45, 7) is 4.00. The molecule has 2 amide bonds. The van der Waals surface area contributed by atoms with E-state index in [4.69, 9.17) is 0 Å². The number of nitrogens with zero attached hydrogens (tertiary/aromatic N) is 2. The van der Waals surface area contributed by atoms with Crippen LogP contribution in [0.2, 0.25) is 0 Å². The minimum Gasteiger partial charge on any atom is -0.584 e. The minimum atomic E-state index is -0.784. The minimum absolute atomic E-state index is 0. The van der Waals surface area contributed by atoms with Gasteiger partial charge in [-0.15, -0.1) is 0 Å². The van der Waals surface area contributed by atoms with Crippen LogP contribution in [0.4, 0.5) is 4.79 Å². The Balaban J connectivity index is 0.000000925. The average molecular weight is 512 g/mol. The Morgan fingerprint density at radius 2 is 1.38 bits per heavy atom. The van der Waals surface area contributed by atoms with Gasteiger partial charge in [-0.05, 0) is 0 Å². The van der Waals surface area contributed by atoms with Crippen LogP contribution >= 0.6 is 11.8 Å². The normalized spacial score (nSPS) is 15.5. The Kier molecular flexibility index (Phi) is 8.63. The van der Waals surface area contributed by atoms with Gasteiger partial charge in [0.05, 0.1) is 11.6 Å². The van der Waals surface area contributed by atoms with Gasteiger partial charge in [0, 0.05) is 31.5 Å². The smallest absolute Gasteiger partial charge is 0.143 e. The molecule has 0 saturated carbocycles. The van der Waals surface area contributed by atoms with Gasteiger partial charge < -0.3 is 14.9 Å². The average Bonchev–Trinajstić information content (AvgIpc) is 2.93. The monoisotopic (exact) mass is 512 g/mol. The van der Waals surface area contributed by atoms with Gasteiger partial charge in [-0.2, -0.15) is 0 Å². The third-order valence-corrected chi connectivity index (χ3v) is 3.79. The zero-order valence-electron chi connectivity index (χ0n) is 13.3. The maximum absolute atomic E-state index is 11.7. The standard InChI is InChI=1S/C16H12N2O2S.C2H6.Re/c19-14-15(21-16(20)18-14)17-13(11-7-3-1-4-8-11)12-9-5-2-6-10-12;1-2;/h1-10,15H,(H,18,19,20);1-2H3;/p-1. The number of hydrogen-bond acceptors (Lipinski definition) is 4. The molecule has 1 radical (unpaired) electrons. The zero-order valence-corrected chi connectivity index (χ0v) is 16.9. The number of rotatable bonds is 3. The molecule has 2 aromatic carbocycles. The zero-order chi connectivity index (χ0) is 16.7. The van der Waals surface area contributed by atoms with Crippen LogP contribution in [-0.4, -0.2) is 22.2 Å². The third kappa shape index (κ3) is 5.14. The van der Waals surface area contributed by atoms with Gasteiger partial charge in [-0.25, -0.2) is 0 Å². The van der Waals surface area contributed by atoms with E-state index in [0.29, 0.717) is 5.71 Å². The molecule has 0 aromatic heterocycles. The molecule has 2 aromatic rings. The molecule has 0 aliphatic carbocycles. The summed E-state index contributed by atoms with van der Waals surface area (Å²) >= 11 is 0.849. The van der Waals surface area contributed by atoms with E-state index in [1.165, 1.54) is 0 Å². The van der Waals surface area contributed by atoms with Gasteiger partial charge in [-0.3, -0.25) is 4.99 Å². The van der Waals surface area contributed by atoms with Crippen molar-refractivity contribution in [2.45, 2.75) is 19.2 Å². The molecule has 3 rings (SSSR count). The van der Waals surface area contributed by atoms with Gasteiger partial charge in [0.2, 0.25) is 0 Å². The predicted molar refractivity (Wildman–Crippen MR) is 95.0 cm³/mol. The number of aliphatic imine (C=N–C) groups is 1. The molecule has 1 unspecified atom stereocenters. The molecule has 0 spiro atoms. The van der Waals surface area contributed by atoms with Crippen molar-refractivity contribution >= 4 is 28.6 Å². The van der Waals surface area contributed by atoms with E-state index in [1.54, 1.807) is 0 Å². The molecule has 1 heterocycles. The topological polar surface area (TPSA) is 60.6 Å². The summed E-state index contributed by atoms with van der Waals surface area (Å²) in [6, 6.07) is 19.2. The fourth-order valence-electron chi connectivity index (χ4n) is 2.02. The summed E-state index contributed by atoms with van der Waals surface area (Å²) < 4.78 is 0. The quantitative estimate of drug-likeness (QED) is 0.564. The summed E-state index contributed by atoms with van der Waals surface area (Å²) in [5.74, 6) is -0.491. The number of benzene rings is 2. The van der Waals surface area contributed by atoms with Crippen LogP contribution in [0.15, 0.2) is 65.7 Å². The second kappa shape index (κ2) is 10.2. The number of amides is 2. The number of hydrogen-bond donors (Lipinski definition) is 0. The van der Waals surface area contributed by atoms with Crippen molar-refractivity contribution < 1.29 is 30.0 Å². The summed E-state index contributed by atoms with van der Waals surface area (Å²) in [5, 5.41) is 2.13. The van der Waals surface area contributed by atoms with Gasteiger partial charge in [-0.1, -0.05) is 86.3 Å². The fraction of sp³-hybridized carbons (Fsp3) is 0.167. The van der Waals surface area contributed by atoms with Gasteiger partial charge in [0.1, 0.15) is 10.6 Å². The number of carbonyl (C=O) groups excluding carboxylic acids is 2. The van der Waals surface area contributed by atoms with E-state index >= 15 is 0 Å². The third-order valence-electron chi connectivity index (χ3n) is 2.97. The Labute approximate surface area is 159 Å². The van der Waals surface area contributed by atoms with Crippen LogP contribution < -0.4 is 0 Å². The van der Waals surface area contributed by atoms with E-state index < -0.39 is 16.5 Å². The molecular weight excluding hydrogens is 494 g/mol. The van der Waals surface area contributed by atoms with Crippen LogP contribution in [0.3, 0.4) is 0 Å². The maximum Gasteiger partial charge on any atom is 0.143 e. The van der Waals surface area contributed by atoms with E-state index in [2.05, 4.69) is 10.3 Å². The van der Waals surface area contributed by atoms with Crippen LogP contribution in [0.25, 0.3) is 5.32 Å². The first-order chi connectivity index (χ1) is 11.2. The van der Waals surface area contributed by atoms with E-state index in [1.807, 2.05) is 74.5 Å². The number of thioether (sulfide) groups is 1. The van der Waals surface area contributed by atoms with Crippen LogP contribution in [0.5, 0.6) is 0 Å². The predicted octanol–water partition coefficient (Wildman–Crippen LogP) is 4.64. The molecule has 1 saturated heterocycles. The largest absolute Gasteiger partial charge is 0.584 e. The second-order valence-electron chi connectivity index (χ2n) is 4.40. The first-order valence-electron chi connectivity index (χ1n) is 7.39. The number of carbonyl (C=O) groups is 2. The molecule has 1 fully saturated rings. The first kappa shape index (κ1) is 20.3. The van der Waals surface area contributed by atoms with Gasteiger partial charge in [0.15, 0.2) is 0 Å². The molecule has 125 valence electrons. The van der Waals surface area contributed by atoms with Crippen LogP contribution in [-0.2, 0) is 25.2 Å². The molecule has 1 aliphatic rings. The van der Waals surface area contributed by atoms with Crippen LogP contribution in [0, 0.1) is 0 Å². The van der Waals surface area contributed by atoms with E-state index in [-0.39, 0.29) is 20.4 Å². The van der Waals surface area contributed by atoms with Crippen LogP contribution in [0.1, 0.15) is 25.0 Å². The van der Waals surface area contributed by atoms with Gasteiger partial charge >= 0.3 is 0 Å². The second-order valence-corrected chi connectivity index (χ2v) is 5.43. The molecule has 0 N–H and O–H groups in total. The van der Waals surface area contributed by atoms with E-state index in [9.17, 15) is 9.59 Å². The molecule has 6 heteroatoms. The summed E-state index contributed by atoms with van der Waals surface area (Å²) in [5.41, 5.74) is 2.49. The van der Waals surface area contributed by atoms with Crippen molar-refractivity contribution in [1.29, 1.82) is 0 Å². The van der Waals surface area contributed by atoms with Crippen molar-refractivity contribution in [3.05, 3.63) is 77.1 Å². The molecule has 0 bridgehead atoms. The van der Waals surface area contributed by atoms with Gasteiger partial charge in [0.25, 0.3) is 0 Å².